The Balaban J connectivity index is 2.03. The van der Waals surface area contributed by atoms with Gasteiger partial charge in [0.05, 0.1) is 0 Å². The van der Waals surface area contributed by atoms with E-state index < -0.39 is 0 Å². The average molecular weight is 307 g/mol. The van der Waals surface area contributed by atoms with Crippen LogP contribution < -0.4 is 5.32 Å². The maximum absolute atomic E-state index is 4.42. The third kappa shape index (κ3) is 4.58. The minimum Gasteiger partial charge on any atom is -0.309 e. The normalized spacial score (nSPS) is 12.6. The molecule has 0 amide bonds. The van der Waals surface area contributed by atoms with Crippen molar-refractivity contribution in [1.29, 1.82) is 0 Å². The molecule has 0 saturated heterocycles. The van der Waals surface area contributed by atoms with Gasteiger partial charge in [0, 0.05) is 11.8 Å². The highest BCUT2D eigenvalue weighted by atomic mass is 32.2. The van der Waals surface area contributed by atoms with Crippen LogP contribution in [0, 0.1) is 13.8 Å². The molecular weight excluding hydrogens is 286 g/mol. The Morgan fingerprint density at radius 3 is 2.85 bits per heavy atom. The van der Waals surface area contributed by atoms with Gasteiger partial charge < -0.3 is 5.32 Å². The van der Waals surface area contributed by atoms with Gasteiger partial charge in [-0.15, -0.1) is 0 Å². The highest BCUT2D eigenvalue weighted by molar-refractivity contribution is 8.00. The lowest BCUT2D eigenvalue weighted by Gasteiger charge is -2.18. The van der Waals surface area contributed by atoms with E-state index in [0.717, 1.165) is 28.9 Å². The van der Waals surface area contributed by atoms with Gasteiger partial charge in [-0.3, -0.25) is 0 Å². The summed E-state index contributed by atoms with van der Waals surface area (Å²) in [6.45, 7) is 7.31. The molecule has 0 aliphatic heterocycles. The van der Waals surface area contributed by atoms with Crippen LogP contribution in [0.25, 0.3) is 0 Å². The smallest absolute Gasteiger partial charge is 0.170 e. The van der Waals surface area contributed by atoms with Crippen LogP contribution in [0.5, 0.6) is 0 Å². The van der Waals surface area contributed by atoms with Crippen LogP contribution in [0.4, 0.5) is 0 Å². The Labute approximate surface area is 129 Å². The zero-order valence-electron chi connectivity index (χ0n) is 12.2. The Bertz CT molecular complexity index is 539. The lowest BCUT2D eigenvalue weighted by molar-refractivity contribution is 0.577. The van der Waals surface area contributed by atoms with Gasteiger partial charge >= 0.3 is 0 Å². The van der Waals surface area contributed by atoms with E-state index in [9.17, 15) is 0 Å². The lowest BCUT2D eigenvalue weighted by Crippen LogP contribution is -2.24. The topological polar surface area (TPSA) is 37.8 Å². The van der Waals surface area contributed by atoms with Crippen LogP contribution in [0.15, 0.2) is 28.6 Å². The van der Waals surface area contributed by atoms with E-state index in [1.807, 2.05) is 6.92 Å². The molecule has 20 heavy (non-hydrogen) atoms. The highest BCUT2D eigenvalue weighted by Gasteiger charge is 2.12. The molecule has 1 aromatic heterocycles. The van der Waals surface area contributed by atoms with E-state index in [2.05, 4.69) is 52.8 Å². The summed E-state index contributed by atoms with van der Waals surface area (Å²) >= 11 is 3.27. The number of thioether (sulfide) groups is 1. The quantitative estimate of drug-likeness (QED) is 0.785. The number of aromatic nitrogens is 2. The zero-order chi connectivity index (χ0) is 14.4. The van der Waals surface area contributed by atoms with Crippen LogP contribution in [0.2, 0.25) is 0 Å². The lowest BCUT2D eigenvalue weighted by atomic mass is 10.1. The molecule has 0 spiro atoms. The summed E-state index contributed by atoms with van der Waals surface area (Å²) < 4.78 is 5.29. The number of hydrogen-bond donors (Lipinski definition) is 1. The molecule has 5 heteroatoms. The second kappa shape index (κ2) is 7.76. The van der Waals surface area contributed by atoms with Crippen molar-refractivity contribution >= 4 is 23.3 Å². The van der Waals surface area contributed by atoms with Crippen LogP contribution in [0.3, 0.4) is 0 Å². The first-order chi connectivity index (χ1) is 9.69. The monoisotopic (exact) mass is 307 g/mol. The fourth-order valence-corrected chi connectivity index (χ4v) is 3.74. The molecule has 0 radical (unpaired) electrons. The summed E-state index contributed by atoms with van der Waals surface area (Å²) in [5, 5.41) is 3.63. The third-order valence-corrected chi connectivity index (χ3v) is 4.99. The number of hydrogen-bond acceptors (Lipinski definition) is 5. The van der Waals surface area contributed by atoms with Crippen LogP contribution in [0.1, 0.15) is 36.3 Å². The minimum atomic E-state index is 0.365. The SMILES string of the molecule is CCCNC(CSc1nc(C)ns1)c1cccc(C)c1. The van der Waals surface area contributed by atoms with Gasteiger partial charge in [0.15, 0.2) is 4.34 Å². The summed E-state index contributed by atoms with van der Waals surface area (Å²) in [5.74, 6) is 1.85. The first-order valence-electron chi connectivity index (χ1n) is 6.92. The molecule has 0 bridgehead atoms. The fraction of sp³-hybridized carbons (Fsp3) is 0.467. The Hall–Kier alpha value is -0.910. The van der Waals surface area contributed by atoms with E-state index in [4.69, 9.17) is 0 Å². The Morgan fingerprint density at radius 1 is 1.35 bits per heavy atom. The molecule has 0 fully saturated rings. The van der Waals surface area contributed by atoms with Crippen molar-refractivity contribution in [2.24, 2.45) is 0 Å². The molecule has 0 aliphatic rings. The van der Waals surface area contributed by atoms with Crippen molar-refractivity contribution in [2.45, 2.75) is 37.6 Å². The van der Waals surface area contributed by atoms with Gasteiger partial charge in [0.1, 0.15) is 5.82 Å². The maximum Gasteiger partial charge on any atom is 0.170 e. The first kappa shape index (κ1) is 15.5. The van der Waals surface area contributed by atoms with Gasteiger partial charge in [-0.1, -0.05) is 48.5 Å². The Kier molecular flexibility index (Phi) is 6.01. The molecular formula is C15H21N3S2. The van der Waals surface area contributed by atoms with Crippen molar-refractivity contribution in [3.8, 4) is 0 Å². The molecule has 108 valence electrons. The van der Waals surface area contributed by atoms with Crippen LogP contribution in [-0.4, -0.2) is 21.7 Å². The Morgan fingerprint density at radius 2 is 2.20 bits per heavy atom. The predicted octanol–water partition coefficient (Wildman–Crippen LogP) is 3.99. The van der Waals surface area contributed by atoms with Crippen molar-refractivity contribution in [2.75, 3.05) is 12.3 Å². The molecule has 1 atom stereocenters. The van der Waals surface area contributed by atoms with Crippen molar-refractivity contribution in [3.63, 3.8) is 0 Å². The number of rotatable bonds is 7. The maximum atomic E-state index is 4.42. The minimum absolute atomic E-state index is 0.365. The fourth-order valence-electron chi connectivity index (χ4n) is 1.97. The number of benzene rings is 1. The predicted molar refractivity (Wildman–Crippen MR) is 87.6 cm³/mol. The molecule has 0 aliphatic carbocycles. The number of aryl methyl sites for hydroxylation is 2. The van der Waals surface area contributed by atoms with E-state index >= 15 is 0 Å². The largest absolute Gasteiger partial charge is 0.309 e. The van der Waals surface area contributed by atoms with Gasteiger partial charge in [-0.2, -0.15) is 4.37 Å². The highest BCUT2D eigenvalue weighted by Crippen LogP contribution is 2.26. The first-order valence-corrected chi connectivity index (χ1v) is 8.68. The van der Waals surface area contributed by atoms with Gasteiger partial charge in [-0.25, -0.2) is 4.98 Å². The van der Waals surface area contributed by atoms with E-state index in [1.54, 1.807) is 11.8 Å². The summed E-state index contributed by atoms with van der Waals surface area (Å²) in [7, 11) is 0. The molecule has 2 aromatic rings. The van der Waals surface area contributed by atoms with Gasteiger partial charge in [-0.05, 0) is 43.9 Å². The summed E-state index contributed by atoms with van der Waals surface area (Å²) in [5.41, 5.74) is 2.66. The summed E-state index contributed by atoms with van der Waals surface area (Å²) in [6.07, 6.45) is 1.14. The second-order valence-electron chi connectivity index (χ2n) is 4.84. The number of nitrogens with zero attached hydrogens (tertiary/aromatic N) is 2. The van der Waals surface area contributed by atoms with Gasteiger partial charge in [0.2, 0.25) is 0 Å². The van der Waals surface area contributed by atoms with Crippen LogP contribution in [-0.2, 0) is 0 Å². The molecule has 1 heterocycles. The number of nitrogens with one attached hydrogen (secondary N) is 1. The van der Waals surface area contributed by atoms with Crippen molar-refractivity contribution in [1.82, 2.24) is 14.7 Å². The molecule has 2 rings (SSSR count). The summed E-state index contributed by atoms with van der Waals surface area (Å²) in [6, 6.07) is 9.10. The molecule has 1 unspecified atom stereocenters. The zero-order valence-corrected chi connectivity index (χ0v) is 13.9. The van der Waals surface area contributed by atoms with E-state index in [1.165, 1.54) is 22.7 Å². The van der Waals surface area contributed by atoms with Crippen LogP contribution >= 0.6 is 23.3 Å². The molecule has 0 saturated carbocycles. The van der Waals surface area contributed by atoms with Gasteiger partial charge in [0.25, 0.3) is 0 Å². The standard InChI is InChI=1S/C15H21N3S2/c1-4-8-16-14(13-7-5-6-11(2)9-13)10-19-15-17-12(3)18-20-15/h5-7,9,14,16H,4,8,10H2,1-3H3. The average Bonchev–Trinajstić information content (AvgIpc) is 2.85. The second-order valence-corrected chi connectivity index (χ2v) is 6.86. The van der Waals surface area contributed by atoms with Crippen molar-refractivity contribution < 1.29 is 0 Å². The molecule has 1 N–H and O–H groups in total. The van der Waals surface area contributed by atoms with Crippen molar-refractivity contribution in [3.05, 3.63) is 41.2 Å². The van der Waals surface area contributed by atoms with E-state index in [0.29, 0.717) is 6.04 Å². The molecule has 1 aromatic carbocycles. The van der Waals surface area contributed by atoms with E-state index in [-0.39, 0.29) is 0 Å². The third-order valence-electron chi connectivity index (χ3n) is 2.97. The summed E-state index contributed by atoms with van der Waals surface area (Å²) in [4.78, 5) is 4.42. The molecule has 3 nitrogen and oxygen atoms in total.